The van der Waals surface area contributed by atoms with Gasteiger partial charge in [-0.05, 0) is 31.9 Å². The molecule has 0 saturated heterocycles. The Morgan fingerprint density at radius 3 is 2.75 bits per heavy atom. The lowest BCUT2D eigenvalue weighted by molar-refractivity contribution is 0.343. The summed E-state index contributed by atoms with van der Waals surface area (Å²) in [5.41, 5.74) is 0.900. The zero-order valence-electron chi connectivity index (χ0n) is 11.9. The predicted octanol–water partition coefficient (Wildman–Crippen LogP) is 4.06. The third-order valence-electron chi connectivity index (χ3n) is 3.67. The zero-order valence-corrected chi connectivity index (χ0v) is 12.8. The number of aromatic nitrogens is 1. The molecule has 1 aliphatic rings. The molecule has 0 spiro atoms. The predicted molar refractivity (Wildman–Crippen MR) is 83.2 cm³/mol. The van der Waals surface area contributed by atoms with E-state index in [1.807, 2.05) is 19.1 Å². The van der Waals surface area contributed by atoms with Crippen molar-refractivity contribution in [2.75, 3.05) is 19.0 Å². The van der Waals surface area contributed by atoms with Crippen LogP contribution in [0.1, 0.15) is 32.6 Å². The lowest BCUT2D eigenvalue weighted by atomic mass is 10.3. The number of anilines is 1. The van der Waals surface area contributed by atoms with Crippen LogP contribution < -0.4 is 14.8 Å². The Kier molecular flexibility index (Phi) is 3.96. The van der Waals surface area contributed by atoms with E-state index in [4.69, 9.17) is 14.5 Å². The normalized spacial score (nSPS) is 15.7. The maximum atomic E-state index is 5.66. The van der Waals surface area contributed by atoms with Gasteiger partial charge in [0.05, 0.1) is 13.7 Å². The van der Waals surface area contributed by atoms with E-state index in [0.717, 1.165) is 26.8 Å². The highest BCUT2D eigenvalue weighted by Crippen LogP contribution is 2.39. The van der Waals surface area contributed by atoms with Crippen LogP contribution in [0.5, 0.6) is 11.5 Å². The largest absolute Gasteiger partial charge is 0.495 e. The van der Waals surface area contributed by atoms with Crippen LogP contribution in [-0.4, -0.2) is 24.7 Å². The van der Waals surface area contributed by atoms with Gasteiger partial charge in [0.1, 0.15) is 21.7 Å². The highest BCUT2D eigenvalue weighted by Gasteiger charge is 2.18. The van der Waals surface area contributed by atoms with E-state index >= 15 is 0 Å². The molecule has 0 radical (unpaired) electrons. The van der Waals surface area contributed by atoms with Crippen molar-refractivity contribution in [3.63, 3.8) is 0 Å². The minimum atomic E-state index is 0.567. The molecule has 1 heterocycles. The molecule has 3 rings (SSSR count). The first kappa shape index (κ1) is 13.5. The van der Waals surface area contributed by atoms with Crippen molar-refractivity contribution in [2.24, 2.45) is 0 Å². The SMILES string of the molecule is CCOc1ccc(OC)c2sc(NC3CCCC3)nc12. The first-order chi connectivity index (χ1) is 9.81. The number of nitrogens with one attached hydrogen (secondary N) is 1. The molecule has 1 aromatic carbocycles. The lowest BCUT2D eigenvalue weighted by Crippen LogP contribution is -2.13. The molecule has 5 heteroatoms. The van der Waals surface area contributed by atoms with Gasteiger partial charge in [-0.2, -0.15) is 0 Å². The number of rotatable bonds is 5. The summed E-state index contributed by atoms with van der Waals surface area (Å²) < 4.78 is 12.1. The van der Waals surface area contributed by atoms with E-state index in [-0.39, 0.29) is 0 Å². The molecule has 0 bridgehead atoms. The number of methoxy groups -OCH3 is 1. The summed E-state index contributed by atoms with van der Waals surface area (Å²) in [6.45, 7) is 2.63. The third-order valence-corrected chi connectivity index (χ3v) is 4.67. The van der Waals surface area contributed by atoms with Crippen LogP contribution >= 0.6 is 11.3 Å². The maximum absolute atomic E-state index is 5.66. The molecule has 0 atom stereocenters. The van der Waals surface area contributed by atoms with Gasteiger partial charge < -0.3 is 14.8 Å². The smallest absolute Gasteiger partial charge is 0.184 e. The molecule has 0 aliphatic heterocycles. The molecule has 0 unspecified atom stereocenters. The number of thiazole rings is 1. The first-order valence-corrected chi connectivity index (χ1v) is 8.00. The lowest BCUT2D eigenvalue weighted by Gasteiger charge is -2.09. The fourth-order valence-electron chi connectivity index (χ4n) is 2.70. The number of hydrogen-bond acceptors (Lipinski definition) is 5. The Balaban J connectivity index is 1.96. The van der Waals surface area contributed by atoms with Crippen LogP contribution in [0.3, 0.4) is 0 Å². The average Bonchev–Trinajstić information content (AvgIpc) is 3.09. The molecule has 2 aromatic rings. The molecule has 1 aliphatic carbocycles. The standard InChI is InChI=1S/C15H20N2O2S/c1-3-19-11-8-9-12(18-2)14-13(11)17-15(20-14)16-10-6-4-5-7-10/h8-10H,3-7H2,1-2H3,(H,16,17). The molecule has 4 nitrogen and oxygen atoms in total. The Labute approximate surface area is 123 Å². The minimum Gasteiger partial charge on any atom is -0.495 e. The number of benzene rings is 1. The molecule has 1 N–H and O–H groups in total. The van der Waals surface area contributed by atoms with Gasteiger partial charge in [0.15, 0.2) is 5.13 Å². The van der Waals surface area contributed by atoms with Crippen LogP contribution in [0, 0.1) is 0 Å². The van der Waals surface area contributed by atoms with Gasteiger partial charge >= 0.3 is 0 Å². The Morgan fingerprint density at radius 1 is 1.30 bits per heavy atom. The van der Waals surface area contributed by atoms with E-state index in [1.165, 1.54) is 25.7 Å². The fourth-order valence-corrected chi connectivity index (χ4v) is 3.75. The average molecular weight is 292 g/mol. The molecule has 1 saturated carbocycles. The van der Waals surface area contributed by atoms with E-state index < -0.39 is 0 Å². The van der Waals surface area contributed by atoms with Gasteiger partial charge in [-0.15, -0.1) is 0 Å². The summed E-state index contributed by atoms with van der Waals surface area (Å²) in [6.07, 6.45) is 5.11. The van der Waals surface area contributed by atoms with Crippen molar-refractivity contribution in [1.82, 2.24) is 4.98 Å². The Hall–Kier alpha value is -1.49. The van der Waals surface area contributed by atoms with Crippen LogP contribution in [0.15, 0.2) is 12.1 Å². The molecule has 0 amide bonds. The summed E-state index contributed by atoms with van der Waals surface area (Å²) >= 11 is 1.65. The molecular weight excluding hydrogens is 272 g/mol. The van der Waals surface area contributed by atoms with E-state index in [9.17, 15) is 0 Å². The maximum Gasteiger partial charge on any atom is 0.184 e. The van der Waals surface area contributed by atoms with Gasteiger partial charge in [-0.3, -0.25) is 0 Å². The summed E-state index contributed by atoms with van der Waals surface area (Å²) in [5.74, 6) is 1.69. The Bertz CT molecular complexity index is 591. The number of fused-ring (bicyclic) bond motifs is 1. The highest BCUT2D eigenvalue weighted by atomic mass is 32.1. The van der Waals surface area contributed by atoms with Crippen molar-refractivity contribution < 1.29 is 9.47 Å². The quantitative estimate of drug-likeness (QED) is 0.902. The van der Waals surface area contributed by atoms with Gasteiger partial charge in [-0.1, -0.05) is 24.2 Å². The number of hydrogen-bond donors (Lipinski definition) is 1. The first-order valence-electron chi connectivity index (χ1n) is 7.18. The van der Waals surface area contributed by atoms with Crippen molar-refractivity contribution in [1.29, 1.82) is 0 Å². The van der Waals surface area contributed by atoms with Crippen molar-refractivity contribution in [2.45, 2.75) is 38.6 Å². The summed E-state index contributed by atoms with van der Waals surface area (Å²) in [4.78, 5) is 4.71. The van der Waals surface area contributed by atoms with Crippen LogP contribution in [0.25, 0.3) is 10.2 Å². The summed E-state index contributed by atoms with van der Waals surface area (Å²) in [5, 5.41) is 4.52. The second kappa shape index (κ2) is 5.87. The van der Waals surface area contributed by atoms with E-state index in [0.29, 0.717) is 12.6 Å². The zero-order chi connectivity index (χ0) is 13.9. The fraction of sp³-hybridized carbons (Fsp3) is 0.533. The topological polar surface area (TPSA) is 43.4 Å². The highest BCUT2D eigenvalue weighted by molar-refractivity contribution is 7.22. The van der Waals surface area contributed by atoms with Crippen LogP contribution in [0.4, 0.5) is 5.13 Å². The second-order valence-electron chi connectivity index (χ2n) is 5.02. The number of nitrogens with zero attached hydrogens (tertiary/aromatic N) is 1. The molecule has 1 fully saturated rings. The minimum absolute atomic E-state index is 0.567. The monoisotopic (exact) mass is 292 g/mol. The second-order valence-corrected chi connectivity index (χ2v) is 6.02. The molecule has 108 valence electrons. The Morgan fingerprint density at radius 2 is 2.05 bits per heavy atom. The van der Waals surface area contributed by atoms with Crippen molar-refractivity contribution in [3.8, 4) is 11.5 Å². The van der Waals surface area contributed by atoms with Gasteiger partial charge in [-0.25, -0.2) is 4.98 Å². The molecule has 20 heavy (non-hydrogen) atoms. The van der Waals surface area contributed by atoms with Crippen LogP contribution in [0.2, 0.25) is 0 Å². The van der Waals surface area contributed by atoms with Gasteiger partial charge in [0.25, 0.3) is 0 Å². The number of ether oxygens (including phenoxy) is 2. The van der Waals surface area contributed by atoms with E-state index in [2.05, 4.69) is 5.32 Å². The van der Waals surface area contributed by atoms with Crippen molar-refractivity contribution >= 4 is 26.7 Å². The van der Waals surface area contributed by atoms with Crippen molar-refractivity contribution in [3.05, 3.63) is 12.1 Å². The summed E-state index contributed by atoms with van der Waals surface area (Å²) in [6, 6.07) is 4.45. The molecular formula is C15H20N2O2S. The van der Waals surface area contributed by atoms with Crippen LogP contribution in [-0.2, 0) is 0 Å². The van der Waals surface area contributed by atoms with Gasteiger partial charge in [0.2, 0.25) is 0 Å². The molecule has 1 aromatic heterocycles. The van der Waals surface area contributed by atoms with Gasteiger partial charge in [0, 0.05) is 6.04 Å². The van der Waals surface area contributed by atoms with E-state index in [1.54, 1.807) is 18.4 Å². The summed E-state index contributed by atoms with van der Waals surface area (Å²) in [7, 11) is 1.69. The third kappa shape index (κ3) is 2.54.